The number of nitrogens with zero attached hydrogens (tertiary/aromatic N) is 2. The molecule has 0 radical (unpaired) electrons. The van der Waals surface area contributed by atoms with Gasteiger partial charge in [-0.2, -0.15) is 0 Å². The number of carbonyl (C=O) groups excluding carboxylic acids is 3. The Bertz CT molecular complexity index is 1060. The average molecular weight is 396 g/mol. The van der Waals surface area contributed by atoms with E-state index in [0.717, 1.165) is 47.5 Å². The van der Waals surface area contributed by atoms with Crippen molar-refractivity contribution in [2.24, 2.45) is 5.92 Å². The number of carbonyl (C=O) groups is 3. The lowest BCUT2D eigenvalue weighted by Gasteiger charge is -2.34. The summed E-state index contributed by atoms with van der Waals surface area (Å²) < 4.78 is 5.29. The average Bonchev–Trinajstić information content (AvgIpc) is 2.91. The zero-order valence-corrected chi connectivity index (χ0v) is 16.6. The Labute approximate surface area is 168 Å². The van der Waals surface area contributed by atoms with Gasteiger partial charge in [0.25, 0.3) is 0 Å². The Kier molecular flexibility index (Phi) is 4.98. The number of aryl methyl sites for hydroxylation is 1. The first-order valence-corrected chi connectivity index (χ1v) is 10.2. The summed E-state index contributed by atoms with van der Waals surface area (Å²) in [5.74, 6) is -1.44. The van der Waals surface area contributed by atoms with E-state index in [0.29, 0.717) is 16.5 Å². The standard InChI is InChI=1S/C22H24N2O5/c1-3-14-8-9-16-15(11-19(25)29-18(16)10-14)12-23-20(26)21(27)24(22(23)28)17-7-5-4-6-13(17)2/h8-11,13,17H,3-7,12H2,1-2H3/t13-,17+/m1/s1. The summed E-state index contributed by atoms with van der Waals surface area (Å²) in [6.45, 7) is 3.88. The Morgan fingerprint density at radius 1 is 1.03 bits per heavy atom. The molecule has 0 unspecified atom stereocenters. The van der Waals surface area contributed by atoms with E-state index in [4.69, 9.17) is 4.42 Å². The number of imide groups is 2. The molecule has 1 aromatic heterocycles. The zero-order chi connectivity index (χ0) is 20.7. The van der Waals surface area contributed by atoms with Crippen LogP contribution in [0.2, 0.25) is 0 Å². The van der Waals surface area contributed by atoms with Gasteiger partial charge >= 0.3 is 23.5 Å². The van der Waals surface area contributed by atoms with Gasteiger partial charge in [-0.3, -0.25) is 19.4 Å². The van der Waals surface area contributed by atoms with Gasteiger partial charge in [0.05, 0.1) is 6.54 Å². The summed E-state index contributed by atoms with van der Waals surface area (Å²) in [5.41, 5.74) is 1.37. The van der Waals surface area contributed by atoms with Gasteiger partial charge < -0.3 is 4.42 Å². The molecule has 2 atom stereocenters. The van der Waals surface area contributed by atoms with E-state index >= 15 is 0 Å². The molecule has 152 valence electrons. The number of rotatable bonds is 4. The maximum atomic E-state index is 13.0. The van der Waals surface area contributed by atoms with Gasteiger partial charge in [-0.25, -0.2) is 9.59 Å². The predicted molar refractivity (Wildman–Crippen MR) is 106 cm³/mol. The van der Waals surface area contributed by atoms with Crippen molar-refractivity contribution in [2.45, 2.75) is 58.5 Å². The second-order valence-corrected chi connectivity index (χ2v) is 7.95. The first kappa shape index (κ1) is 19.4. The number of benzene rings is 1. The SMILES string of the molecule is CCc1ccc2c(CN3C(=O)C(=O)N([C@H]4CCCC[C@H]4C)C3=O)cc(=O)oc2c1. The van der Waals surface area contributed by atoms with Gasteiger partial charge in [-0.05, 0) is 42.4 Å². The monoisotopic (exact) mass is 396 g/mol. The number of fused-ring (bicyclic) bond motifs is 1. The molecule has 7 heteroatoms. The molecule has 2 aromatic rings. The number of amides is 4. The van der Waals surface area contributed by atoms with Crippen molar-refractivity contribution in [2.75, 3.05) is 0 Å². The summed E-state index contributed by atoms with van der Waals surface area (Å²) in [6.07, 6.45) is 4.44. The Morgan fingerprint density at radius 2 is 1.79 bits per heavy atom. The molecule has 1 saturated carbocycles. The van der Waals surface area contributed by atoms with E-state index in [1.165, 1.54) is 6.07 Å². The first-order valence-electron chi connectivity index (χ1n) is 10.2. The molecule has 0 bridgehead atoms. The van der Waals surface area contributed by atoms with E-state index in [9.17, 15) is 19.2 Å². The van der Waals surface area contributed by atoms with Crippen LogP contribution in [0.3, 0.4) is 0 Å². The smallest absolute Gasteiger partial charge is 0.336 e. The van der Waals surface area contributed by atoms with Crippen molar-refractivity contribution >= 4 is 28.8 Å². The minimum Gasteiger partial charge on any atom is -0.423 e. The molecule has 1 aliphatic heterocycles. The molecular formula is C22H24N2O5. The first-order chi connectivity index (χ1) is 13.9. The highest BCUT2D eigenvalue weighted by Crippen LogP contribution is 2.32. The van der Waals surface area contributed by atoms with Crippen molar-refractivity contribution in [3.63, 3.8) is 0 Å². The van der Waals surface area contributed by atoms with E-state index in [1.54, 1.807) is 6.07 Å². The third-order valence-electron chi connectivity index (χ3n) is 6.11. The molecule has 1 aromatic carbocycles. The summed E-state index contributed by atoms with van der Waals surface area (Å²) in [7, 11) is 0. The van der Waals surface area contributed by atoms with Crippen molar-refractivity contribution < 1.29 is 18.8 Å². The second kappa shape index (κ2) is 7.46. The van der Waals surface area contributed by atoms with Crippen LogP contribution in [0.5, 0.6) is 0 Å². The fourth-order valence-electron chi connectivity index (χ4n) is 4.43. The van der Waals surface area contributed by atoms with Gasteiger partial charge in [0.15, 0.2) is 0 Å². The fraction of sp³-hybridized carbons (Fsp3) is 0.455. The van der Waals surface area contributed by atoms with Crippen LogP contribution in [0.15, 0.2) is 33.5 Å². The van der Waals surface area contributed by atoms with Crippen molar-refractivity contribution in [1.82, 2.24) is 9.80 Å². The molecule has 2 fully saturated rings. The van der Waals surface area contributed by atoms with E-state index < -0.39 is 23.5 Å². The molecule has 1 saturated heterocycles. The van der Waals surface area contributed by atoms with Gasteiger partial charge in [0.2, 0.25) is 0 Å². The van der Waals surface area contributed by atoms with E-state index in [2.05, 4.69) is 0 Å². The molecule has 0 spiro atoms. The lowest BCUT2D eigenvalue weighted by molar-refractivity contribution is -0.144. The molecule has 2 aliphatic rings. The van der Waals surface area contributed by atoms with Crippen LogP contribution in [-0.4, -0.2) is 33.7 Å². The van der Waals surface area contributed by atoms with Gasteiger partial charge in [0.1, 0.15) is 5.58 Å². The quantitative estimate of drug-likeness (QED) is 0.450. The largest absolute Gasteiger partial charge is 0.423 e. The summed E-state index contributed by atoms with van der Waals surface area (Å²) >= 11 is 0. The van der Waals surface area contributed by atoms with Crippen LogP contribution < -0.4 is 5.63 Å². The van der Waals surface area contributed by atoms with Crippen LogP contribution in [-0.2, 0) is 22.6 Å². The highest BCUT2D eigenvalue weighted by atomic mass is 16.4. The van der Waals surface area contributed by atoms with Crippen LogP contribution in [0.25, 0.3) is 11.0 Å². The summed E-state index contributed by atoms with van der Waals surface area (Å²) in [5, 5.41) is 0.652. The lowest BCUT2D eigenvalue weighted by atomic mass is 9.85. The topological polar surface area (TPSA) is 87.9 Å². The van der Waals surface area contributed by atoms with Crippen molar-refractivity contribution in [3.8, 4) is 0 Å². The van der Waals surface area contributed by atoms with Crippen molar-refractivity contribution in [3.05, 3.63) is 45.8 Å². The minimum absolute atomic E-state index is 0.130. The highest BCUT2D eigenvalue weighted by Gasteiger charge is 2.49. The van der Waals surface area contributed by atoms with Crippen LogP contribution in [0.1, 0.15) is 50.7 Å². The minimum atomic E-state index is -0.834. The summed E-state index contributed by atoms with van der Waals surface area (Å²) in [4.78, 5) is 52.3. The molecular weight excluding hydrogens is 372 g/mol. The normalized spacial score (nSPS) is 22.8. The molecule has 4 amide bonds. The van der Waals surface area contributed by atoms with E-state index in [1.807, 2.05) is 26.0 Å². The molecule has 1 aliphatic carbocycles. The second-order valence-electron chi connectivity index (χ2n) is 7.95. The fourth-order valence-corrected chi connectivity index (χ4v) is 4.43. The third kappa shape index (κ3) is 3.34. The third-order valence-corrected chi connectivity index (χ3v) is 6.11. The van der Waals surface area contributed by atoms with Gasteiger partial charge in [0, 0.05) is 17.5 Å². The van der Waals surface area contributed by atoms with Crippen molar-refractivity contribution in [1.29, 1.82) is 0 Å². The number of hydrogen-bond donors (Lipinski definition) is 0. The van der Waals surface area contributed by atoms with Crippen LogP contribution in [0.4, 0.5) is 4.79 Å². The Balaban J connectivity index is 1.67. The van der Waals surface area contributed by atoms with Crippen LogP contribution >= 0.6 is 0 Å². The predicted octanol–water partition coefficient (Wildman–Crippen LogP) is 3.22. The molecule has 2 heterocycles. The molecule has 0 N–H and O–H groups in total. The lowest BCUT2D eigenvalue weighted by Crippen LogP contribution is -2.46. The Morgan fingerprint density at radius 3 is 2.52 bits per heavy atom. The maximum Gasteiger partial charge on any atom is 0.336 e. The number of urea groups is 1. The molecule has 7 nitrogen and oxygen atoms in total. The van der Waals surface area contributed by atoms with Gasteiger partial charge in [-0.1, -0.05) is 38.8 Å². The van der Waals surface area contributed by atoms with E-state index in [-0.39, 0.29) is 18.5 Å². The molecule has 29 heavy (non-hydrogen) atoms. The van der Waals surface area contributed by atoms with Gasteiger partial charge in [-0.15, -0.1) is 0 Å². The zero-order valence-electron chi connectivity index (χ0n) is 16.6. The maximum absolute atomic E-state index is 13.0. The Hall–Kier alpha value is -2.96. The summed E-state index contributed by atoms with van der Waals surface area (Å²) in [6, 6.07) is 5.97. The number of hydrogen-bond acceptors (Lipinski definition) is 5. The molecule has 4 rings (SSSR count). The highest BCUT2D eigenvalue weighted by molar-refractivity contribution is 6.44. The van der Waals surface area contributed by atoms with Crippen LogP contribution in [0, 0.1) is 5.92 Å².